The van der Waals surface area contributed by atoms with Gasteiger partial charge in [0.1, 0.15) is 12.2 Å². The van der Waals surface area contributed by atoms with Gasteiger partial charge in [-0.2, -0.15) is 0 Å². The van der Waals surface area contributed by atoms with Crippen molar-refractivity contribution in [2.75, 3.05) is 17.7 Å². The Morgan fingerprint density at radius 2 is 2.24 bits per heavy atom. The molecule has 0 radical (unpaired) electrons. The summed E-state index contributed by atoms with van der Waals surface area (Å²) in [6, 6.07) is 9.20. The van der Waals surface area contributed by atoms with Gasteiger partial charge in [-0.15, -0.1) is 0 Å². The largest absolute Gasteiger partial charge is 0.614 e. The summed E-state index contributed by atoms with van der Waals surface area (Å²) in [5.74, 6) is 0.337. The fourth-order valence-corrected chi connectivity index (χ4v) is 2.94. The quantitative estimate of drug-likeness (QED) is 0.831. The van der Waals surface area contributed by atoms with E-state index in [2.05, 4.69) is 5.32 Å². The highest BCUT2D eigenvalue weighted by Gasteiger charge is 2.45. The summed E-state index contributed by atoms with van der Waals surface area (Å²) in [5, 5.41) is 2.76. The predicted octanol–water partition coefficient (Wildman–Crippen LogP) is 1.51. The first kappa shape index (κ1) is 12.4. The summed E-state index contributed by atoms with van der Waals surface area (Å²) >= 11 is -1.09. The minimum absolute atomic E-state index is 0.120. The number of benzene rings is 1. The molecule has 17 heavy (non-hydrogen) atoms. The molecule has 1 saturated heterocycles. The van der Waals surface area contributed by atoms with E-state index in [9.17, 15) is 9.35 Å². The van der Waals surface area contributed by atoms with E-state index in [1.165, 1.54) is 0 Å². The third-order valence-corrected chi connectivity index (χ3v) is 4.46. The molecule has 92 valence electrons. The van der Waals surface area contributed by atoms with Gasteiger partial charge in [-0.3, -0.25) is 4.79 Å². The van der Waals surface area contributed by atoms with E-state index in [1.54, 1.807) is 6.92 Å². The third kappa shape index (κ3) is 3.00. The van der Waals surface area contributed by atoms with Crippen LogP contribution in [0.2, 0.25) is 0 Å². The zero-order valence-corrected chi connectivity index (χ0v) is 10.5. The van der Waals surface area contributed by atoms with Crippen LogP contribution in [0.4, 0.5) is 5.69 Å². The molecule has 1 aromatic rings. The maximum absolute atomic E-state index is 11.8. The number of nitrogens with one attached hydrogen (secondary N) is 1. The van der Waals surface area contributed by atoms with Gasteiger partial charge in [0.25, 0.3) is 0 Å². The lowest BCUT2D eigenvalue weighted by molar-refractivity contribution is -0.119. The monoisotopic (exact) mass is 253 g/mol. The Morgan fingerprint density at radius 1 is 1.53 bits per heavy atom. The van der Waals surface area contributed by atoms with Gasteiger partial charge in [-0.05, 0) is 23.3 Å². The molecule has 2 rings (SSSR count). The zero-order chi connectivity index (χ0) is 12.3. The van der Waals surface area contributed by atoms with Gasteiger partial charge in [0.15, 0.2) is 0 Å². The lowest BCUT2D eigenvalue weighted by Crippen LogP contribution is -2.37. The second kappa shape index (κ2) is 5.08. The van der Waals surface area contributed by atoms with Crippen molar-refractivity contribution < 1.29 is 14.1 Å². The molecule has 2 unspecified atom stereocenters. The Balaban J connectivity index is 1.94. The molecular formula is C12H15NO3S. The number of carbonyl (C=O) groups excluding carboxylic acids is 1. The number of rotatable bonds is 3. The Labute approximate surface area is 104 Å². The molecule has 5 heteroatoms. The Bertz CT molecular complexity index is 398. The molecule has 2 atom stereocenters. The molecule has 0 saturated carbocycles. The second-order valence-electron chi connectivity index (χ2n) is 4.12. The Morgan fingerprint density at radius 3 is 2.82 bits per heavy atom. The van der Waals surface area contributed by atoms with Gasteiger partial charge in [-0.1, -0.05) is 18.2 Å². The molecule has 0 aromatic heterocycles. The van der Waals surface area contributed by atoms with Gasteiger partial charge < -0.3 is 14.6 Å². The van der Waals surface area contributed by atoms with Crippen LogP contribution in [0.5, 0.6) is 0 Å². The molecule has 1 amide bonds. The molecule has 1 aliphatic rings. The SMILES string of the molecule is CC1(CC(=O)Nc2ccccc2)OCC[S+]1[O-]. The van der Waals surface area contributed by atoms with Crippen LogP contribution in [0, 0.1) is 0 Å². The zero-order valence-electron chi connectivity index (χ0n) is 9.64. The van der Waals surface area contributed by atoms with Gasteiger partial charge in [0.05, 0.1) is 6.61 Å². The molecular weight excluding hydrogens is 238 g/mol. The predicted molar refractivity (Wildman–Crippen MR) is 67.1 cm³/mol. The molecule has 1 N–H and O–H groups in total. The van der Waals surface area contributed by atoms with E-state index in [-0.39, 0.29) is 12.3 Å². The van der Waals surface area contributed by atoms with Crippen molar-refractivity contribution >= 4 is 22.8 Å². The van der Waals surface area contributed by atoms with Gasteiger partial charge in [0, 0.05) is 12.6 Å². The van der Waals surface area contributed by atoms with E-state index in [0.29, 0.717) is 12.4 Å². The van der Waals surface area contributed by atoms with Crippen LogP contribution < -0.4 is 5.32 Å². The number of anilines is 1. The van der Waals surface area contributed by atoms with E-state index in [0.717, 1.165) is 5.69 Å². The lowest BCUT2D eigenvalue weighted by atomic mass is 10.2. The Kier molecular flexibility index (Phi) is 3.71. The standard InChI is InChI=1S/C12H15NO3S/c1-12(16-7-8-17(12)15)9-11(14)13-10-5-3-2-4-6-10/h2-6H,7-9H2,1H3,(H,13,14). The van der Waals surface area contributed by atoms with E-state index in [4.69, 9.17) is 4.74 Å². The molecule has 1 aromatic carbocycles. The maximum Gasteiger partial charge on any atom is 0.232 e. The van der Waals surface area contributed by atoms with Crippen molar-refractivity contribution in [1.29, 1.82) is 0 Å². The second-order valence-corrected chi connectivity index (χ2v) is 6.09. The first-order valence-electron chi connectivity index (χ1n) is 5.47. The summed E-state index contributed by atoms with van der Waals surface area (Å²) in [7, 11) is 0. The Hall–Kier alpha value is -1.04. The molecule has 4 nitrogen and oxygen atoms in total. The lowest BCUT2D eigenvalue weighted by Gasteiger charge is -2.23. The highest BCUT2D eigenvalue weighted by Crippen LogP contribution is 2.29. The van der Waals surface area contributed by atoms with Crippen molar-refractivity contribution in [3.63, 3.8) is 0 Å². The van der Waals surface area contributed by atoms with Crippen LogP contribution in [0.1, 0.15) is 13.3 Å². The van der Waals surface area contributed by atoms with Crippen LogP contribution >= 0.6 is 0 Å². The van der Waals surface area contributed by atoms with Crippen molar-refractivity contribution in [1.82, 2.24) is 0 Å². The average molecular weight is 253 g/mol. The summed E-state index contributed by atoms with van der Waals surface area (Å²) in [6.45, 7) is 2.18. The number of ether oxygens (including phenoxy) is 1. The molecule has 1 aliphatic heterocycles. The van der Waals surface area contributed by atoms with Crippen molar-refractivity contribution in [2.45, 2.75) is 18.3 Å². The van der Waals surface area contributed by atoms with Crippen LogP contribution in [0.25, 0.3) is 0 Å². The maximum atomic E-state index is 11.8. The van der Waals surface area contributed by atoms with E-state index >= 15 is 0 Å². The minimum atomic E-state index is -1.09. The van der Waals surface area contributed by atoms with Crippen LogP contribution in [0.3, 0.4) is 0 Å². The smallest absolute Gasteiger partial charge is 0.232 e. The summed E-state index contributed by atoms with van der Waals surface area (Å²) in [5.41, 5.74) is 0.741. The van der Waals surface area contributed by atoms with E-state index < -0.39 is 16.1 Å². The van der Waals surface area contributed by atoms with Crippen molar-refractivity contribution in [2.24, 2.45) is 0 Å². The first-order chi connectivity index (χ1) is 8.10. The van der Waals surface area contributed by atoms with Crippen LogP contribution in [0.15, 0.2) is 30.3 Å². The van der Waals surface area contributed by atoms with Crippen LogP contribution in [-0.2, 0) is 20.7 Å². The summed E-state index contributed by atoms with van der Waals surface area (Å²) < 4.78 is 17.1. The summed E-state index contributed by atoms with van der Waals surface area (Å²) in [6.07, 6.45) is 0.120. The van der Waals surface area contributed by atoms with Crippen LogP contribution in [-0.4, -0.2) is 27.8 Å². The first-order valence-corrected chi connectivity index (χ1v) is 6.79. The van der Waals surface area contributed by atoms with Crippen molar-refractivity contribution in [3.05, 3.63) is 30.3 Å². The molecule has 0 spiro atoms. The molecule has 0 bridgehead atoms. The minimum Gasteiger partial charge on any atom is -0.614 e. The number of hydrogen-bond donors (Lipinski definition) is 1. The number of hydrogen-bond acceptors (Lipinski definition) is 3. The van der Waals surface area contributed by atoms with E-state index in [1.807, 2.05) is 30.3 Å². The molecule has 1 heterocycles. The molecule has 0 aliphatic carbocycles. The number of para-hydroxylation sites is 1. The molecule has 1 fully saturated rings. The van der Waals surface area contributed by atoms with Gasteiger partial charge in [-0.25, -0.2) is 0 Å². The normalized spacial score (nSPS) is 28.0. The van der Waals surface area contributed by atoms with Gasteiger partial charge >= 0.3 is 0 Å². The van der Waals surface area contributed by atoms with Crippen molar-refractivity contribution in [3.8, 4) is 0 Å². The average Bonchev–Trinajstić information content (AvgIpc) is 2.60. The fraction of sp³-hybridized carbons (Fsp3) is 0.417. The third-order valence-electron chi connectivity index (χ3n) is 2.70. The highest BCUT2D eigenvalue weighted by molar-refractivity contribution is 7.92. The number of carbonyl (C=O) groups is 1. The summed E-state index contributed by atoms with van der Waals surface area (Å²) in [4.78, 5) is 11.0. The fourth-order valence-electron chi connectivity index (χ4n) is 1.76. The number of amides is 1. The van der Waals surface area contributed by atoms with Gasteiger partial charge in [0.2, 0.25) is 10.8 Å². The topological polar surface area (TPSA) is 61.4 Å². The highest BCUT2D eigenvalue weighted by atomic mass is 32.2.